The van der Waals surface area contributed by atoms with Crippen molar-refractivity contribution in [2.45, 2.75) is 0 Å². The molecule has 2 rings (SSSR count). The quantitative estimate of drug-likeness (QED) is 0.660. The van der Waals surface area contributed by atoms with E-state index >= 15 is 0 Å². The van der Waals surface area contributed by atoms with Crippen LogP contribution in [0.25, 0.3) is 11.1 Å². The topological polar surface area (TPSA) is 17.8 Å². The van der Waals surface area contributed by atoms with Crippen molar-refractivity contribution < 1.29 is 0 Å². The molecule has 0 N–H and O–H groups in total. The molecular formula is C9H8N2S. The SMILES string of the molecule is Sn1cc(-c2ccccc2)cn1. The van der Waals surface area contributed by atoms with Crippen LogP contribution in [-0.4, -0.2) is 9.19 Å². The lowest BCUT2D eigenvalue weighted by atomic mass is 10.1. The van der Waals surface area contributed by atoms with Gasteiger partial charge < -0.3 is 0 Å². The number of rotatable bonds is 1. The minimum atomic E-state index is 1.09. The van der Waals surface area contributed by atoms with E-state index in [1.54, 1.807) is 6.20 Å². The number of nitrogens with zero attached hydrogens (tertiary/aromatic N) is 2. The lowest BCUT2D eigenvalue weighted by Crippen LogP contribution is -1.74. The summed E-state index contributed by atoms with van der Waals surface area (Å²) in [5.41, 5.74) is 2.25. The highest BCUT2D eigenvalue weighted by Crippen LogP contribution is 2.17. The van der Waals surface area contributed by atoms with Crippen molar-refractivity contribution >= 4 is 12.8 Å². The first kappa shape index (κ1) is 7.43. The standard InChI is InChI=1S/C9H8N2S/c12-11-7-9(6-10-11)8-4-2-1-3-5-8/h1-7,12H. The first-order chi connectivity index (χ1) is 5.86. The number of thiol groups is 1. The Kier molecular flexibility index (Phi) is 1.87. The zero-order valence-electron chi connectivity index (χ0n) is 6.38. The molecule has 0 bridgehead atoms. The largest absolute Gasteiger partial charge is 0.217 e. The average molecular weight is 176 g/mol. The Morgan fingerprint density at radius 3 is 2.42 bits per heavy atom. The van der Waals surface area contributed by atoms with E-state index in [1.807, 2.05) is 36.5 Å². The van der Waals surface area contributed by atoms with Crippen LogP contribution in [0.15, 0.2) is 42.7 Å². The molecule has 0 aliphatic rings. The van der Waals surface area contributed by atoms with Crippen molar-refractivity contribution in [1.29, 1.82) is 0 Å². The van der Waals surface area contributed by atoms with Crippen molar-refractivity contribution in [2.24, 2.45) is 0 Å². The highest BCUT2D eigenvalue weighted by molar-refractivity contribution is 7.78. The van der Waals surface area contributed by atoms with E-state index in [-0.39, 0.29) is 0 Å². The summed E-state index contributed by atoms with van der Waals surface area (Å²) in [4.78, 5) is 0. The molecule has 0 fully saturated rings. The maximum Gasteiger partial charge on any atom is 0.0578 e. The third-order valence-corrected chi connectivity index (χ3v) is 1.90. The van der Waals surface area contributed by atoms with Gasteiger partial charge in [-0.15, -0.1) is 0 Å². The van der Waals surface area contributed by atoms with E-state index < -0.39 is 0 Å². The van der Waals surface area contributed by atoms with Gasteiger partial charge in [-0.3, -0.25) is 0 Å². The van der Waals surface area contributed by atoms with Gasteiger partial charge >= 0.3 is 0 Å². The Balaban J connectivity index is 2.45. The van der Waals surface area contributed by atoms with Gasteiger partial charge in [0.1, 0.15) is 0 Å². The summed E-state index contributed by atoms with van der Waals surface area (Å²) in [6, 6.07) is 10.1. The van der Waals surface area contributed by atoms with Gasteiger partial charge in [0.05, 0.1) is 6.20 Å². The highest BCUT2D eigenvalue weighted by Gasteiger charge is 1.97. The fourth-order valence-electron chi connectivity index (χ4n) is 1.09. The van der Waals surface area contributed by atoms with Gasteiger partial charge in [-0.05, 0) is 18.4 Å². The second kappa shape index (κ2) is 3.03. The lowest BCUT2D eigenvalue weighted by molar-refractivity contribution is 1.02. The highest BCUT2D eigenvalue weighted by atomic mass is 32.1. The Bertz CT molecular complexity index is 367. The third-order valence-electron chi connectivity index (χ3n) is 1.68. The summed E-state index contributed by atoms with van der Waals surface area (Å²) >= 11 is 4.06. The van der Waals surface area contributed by atoms with Crippen LogP contribution in [0.1, 0.15) is 0 Å². The minimum absolute atomic E-state index is 1.09. The molecule has 2 nitrogen and oxygen atoms in total. The molecule has 2 aromatic rings. The summed E-state index contributed by atoms with van der Waals surface area (Å²) in [5.74, 6) is 0. The van der Waals surface area contributed by atoms with Crippen molar-refractivity contribution in [3.05, 3.63) is 42.7 Å². The molecule has 60 valence electrons. The van der Waals surface area contributed by atoms with Gasteiger partial charge in [-0.2, -0.15) is 5.10 Å². The Morgan fingerprint density at radius 1 is 1.08 bits per heavy atom. The molecule has 12 heavy (non-hydrogen) atoms. The van der Waals surface area contributed by atoms with Crippen molar-refractivity contribution in [2.75, 3.05) is 0 Å². The maximum absolute atomic E-state index is 4.06. The van der Waals surface area contributed by atoms with Gasteiger partial charge in [-0.25, -0.2) is 4.09 Å². The van der Waals surface area contributed by atoms with Crippen molar-refractivity contribution in [1.82, 2.24) is 9.19 Å². The van der Waals surface area contributed by atoms with Gasteiger partial charge in [0.15, 0.2) is 0 Å². The Labute approximate surface area is 76.4 Å². The van der Waals surface area contributed by atoms with E-state index in [0.717, 1.165) is 11.1 Å². The molecule has 0 atom stereocenters. The molecule has 0 spiro atoms. The molecular weight excluding hydrogens is 168 g/mol. The molecule has 0 saturated carbocycles. The van der Waals surface area contributed by atoms with Crippen LogP contribution in [0, 0.1) is 0 Å². The summed E-state index contributed by atoms with van der Waals surface area (Å²) in [7, 11) is 0. The number of aromatic nitrogens is 2. The zero-order valence-corrected chi connectivity index (χ0v) is 7.28. The van der Waals surface area contributed by atoms with Crippen LogP contribution in [0.2, 0.25) is 0 Å². The van der Waals surface area contributed by atoms with Crippen LogP contribution >= 0.6 is 12.8 Å². The first-order valence-corrected chi connectivity index (χ1v) is 4.05. The second-order valence-electron chi connectivity index (χ2n) is 2.52. The molecule has 1 heterocycles. The Morgan fingerprint density at radius 2 is 1.83 bits per heavy atom. The average Bonchev–Trinajstić information content (AvgIpc) is 2.54. The van der Waals surface area contributed by atoms with Crippen LogP contribution in [0.3, 0.4) is 0 Å². The summed E-state index contributed by atoms with van der Waals surface area (Å²) in [5, 5.41) is 3.97. The van der Waals surface area contributed by atoms with Gasteiger partial charge in [0.2, 0.25) is 0 Å². The molecule has 3 heteroatoms. The fraction of sp³-hybridized carbons (Fsp3) is 0. The molecule has 1 aromatic heterocycles. The predicted molar refractivity (Wildman–Crippen MR) is 52.0 cm³/mol. The van der Waals surface area contributed by atoms with Crippen LogP contribution in [0.5, 0.6) is 0 Å². The molecule has 0 amide bonds. The number of hydrogen-bond acceptors (Lipinski definition) is 2. The lowest BCUT2D eigenvalue weighted by Gasteiger charge is -1.93. The van der Waals surface area contributed by atoms with Gasteiger partial charge in [0, 0.05) is 11.8 Å². The van der Waals surface area contributed by atoms with E-state index in [2.05, 4.69) is 17.9 Å². The van der Waals surface area contributed by atoms with E-state index in [9.17, 15) is 0 Å². The Hall–Kier alpha value is -1.22. The normalized spacial score (nSPS) is 10.1. The second-order valence-corrected chi connectivity index (χ2v) is 2.93. The smallest absolute Gasteiger partial charge is 0.0578 e. The number of hydrogen-bond donors (Lipinski definition) is 1. The molecule has 0 radical (unpaired) electrons. The molecule has 0 aliphatic heterocycles. The van der Waals surface area contributed by atoms with Crippen molar-refractivity contribution in [3.8, 4) is 11.1 Å². The first-order valence-electron chi connectivity index (χ1n) is 3.65. The van der Waals surface area contributed by atoms with Crippen molar-refractivity contribution in [3.63, 3.8) is 0 Å². The van der Waals surface area contributed by atoms with E-state index in [1.165, 1.54) is 4.09 Å². The molecule has 0 saturated heterocycles. The zero-order chi connectivity index (χ0) is 8.39. The van der Waals surface area contributed by atoms with E-state index in [0.29, 0.717) is 0 Å². The summed E-state index contributed by atoms with van der Waals surface area (Å²) in [6.07, 6.45) is 3.67. The number of benzene rings is 1. The van der Waals surface area contributed by atoms with Crippen LogP contribution in [-0.2, 0) is 0 Å². The maximum atomic E-state index is 4.06. The molecule has 0 aliphatic carbocycles. The summed E-state index contributed by atoms with van der Waals surface area (Å²) < 4.78 is 1.50. The van der Waals surface area contributed by atoms with E-state index in [4.69, 9.17) is 0 Å². The minimum Gasteiger partial charge on any atom is -0.217 e. The third kappa shape index (κ3) is 1.36. The van der Waals surface area contributed by atoms with Crippen LogP contribution < -0.4 is 0 Å². The van der Waals surface area contributed by atoms with Crippen LogP contribution in [0.4, 0.5) is 0 Å². The van der Waals surface area contributed by atoms with Gasteiger partial charge in [-0.1, -0.05) is 30.3 Å². The molecule has 0 unspecified atom stereocenters. The fourth-order valence-corrected chi connectivity index (χ4v) is 1.27. The van der Waals surface area contributed by atoms with Gasteiger partial charge in [0.25, 0.3) is 0 Å². The molecule has 1 aromatic carbocycles. The summed E-state index contributed by atoms with van der Waals surface area (Å²) in [6.45, 7) is 0. The predicted octanol–water partition coefficient (Wildman–Crippen LogP) is 2.24. The monoisotopic (exact) mass is 176 g/mol.